The average Bonchev–Trinajstić information content (AvgIpc) is 2.67. The third kappa shape index (κ3) is 2.34. The zero-order chi connectivity index (χ0) is 14.1. The van der Waals surface area contributed by atoms with Crippen LogP contribution in [0.3, 0.4) is 0 Å². The molecule has 0 radical (unpaired) electrons. The molecule has 1 aliphatic heterocycles. The Kier molecular flexibility index (Phi) is 3.76. The monoisotopic (exact) mass is 291 g/mol. The van der Waals surface area contributed by atoms with Crippen LogP contribution in [-0.4, -0.2) is 22.6 Å². The number of rotatable bonds is 1. The van der Waals surface area contributed by atoms with Gasteiger partial charge in [-0.3, -0.25) is 9.36 Å². The number of halogens is 1. The van der Waals surface area contributed by atoms with Gasteiger partial charge in [-0.2, -0.15) is 0 Å². The van der Waals surface area contributed by atoms with E-state index in [2.05, 4.69) is 10.3 Å². The van der Waals surface area contributed by atoms with Crippen molar-refractivity contribution >= 4 is 22.5 Å². The van der Waals surface area contributed by atoms with Gasteiger partial charge in [-0.25, -0.2) is 4.98 Å². The summed E-state index contributed by atoms with van der Waals surface area (Å²) in [5.74, 6) is 0.775. The summed E-state index contributed by atoms with van der Waals surface area (Å²) < 4.78 is 1.83. The smallest absolute Gasteiger partial charge is 0.263 e. The van der Waals surface area contributed by atoms with Crippen molar-refractivity contribution in [3.05, 3.63) is 39.4 Å². The molecule has 1 saturated heterocycles. The fourth-order valence-electron chi connectivity index (χ4n) is 3.00. The van der Waals surface area contributed by atoms with E-state index in [4.69, 9.17) is 11.6 Å². The molecule has 0 saturated carbocycles. The van der Waals surface area contributed by atoms with Crippen LogP contribution in [0.2, 0.25) is 5.02 Å². The summed E-state index contributed by atoms with van der Waals surface area (Å²) in [5, 5.41) is 4.40. The number of hydrogen-bond acceptors (Lipinski definition) is 3. The second-order valence-electron chi connectivity index (χ2n) is 5.30. The van der Waals surface area contributed by atoms with E-state index in [0.717, 1.165) is 38.2 Å². The van der Waals surface area contributed by atoms with Crippen LogP contribution in [0.5, 0.6) is 0 Å². The van der Waals surface area contributed by atoms with Crippen molar-refractivity contribution in [2.24, 2.45) is 0 Å². The first-order chi connectivity index (χ1) is 9.68. The third-order valence-electron chi connectivity index (χ3n) is 3.97. The topological polar surface area (TPSA) is 46.9 Å². The van der Waals surface area contributed by atoms with Crippen LogP contribution in [0.25, 0.3) is 10.9 Å². The summed E-state index contributed by atoms with van der Waals surface area (Å²) in [7, 11) is 0. The van der Waals surface area contributed by atoms with Crippen LogP contribution in [-0.2, 0) is 0 Å². The Balaban J connectivity index is 2.19. The van der Waals surface area contributed by atoms with Gasteiger partial charge < -0.3 is 5.32 Å². The summed E-state index contributed by atoms with van der Waals surface area (Å²) in [4.78, 5) is 17.4. The molecular formula is C15H18ClN3O. The molecule has 0 bridgehead atoms. The van der Waals surface area contributed by atoms with Crippen LogP contribution in [0.15, 0.2) is 23.0 Å². The average molecular weight is 292 g/mol. The largest absolute Gasteiger partial charge is 0.317 e. The van der Waals surface area contributed by atoms with Gasteiger partial charge in [0.2, 0.25) is 0 Å². The van der Waals surface area contributed by atoms with Crippen LogP contribution in [0.4, 0.5) is 0 Å². The zero-order valence-electron chi connectivity index (χ0n) is 11.5. The Bertz CT molecular complexity index is 687. The van der Waals surface area contributed by atoms with Gasteiger partial charge in [-0.05, 0) is 51.4 Å². The molecule has 1 N–H and O–H groups in total. The van der Waals surface area contributed by atoms with E-state index in [-0.39, 0.29) is 11.6 Å². The molecule has 0 amide bonds. The normalized spacial score (nSPS) is 20.0. The molecule has 106 valence electrons. The van der Waals surface area contributed by atoms with Gasteiger partial charge >= 0.3 is 0 Å². The lowest BCUT2D eigenvalue weighted by Crippen LogP contribution is -2.29. The Hall–Kier alpha value is -1.39. The van der Waals surface area contributed by atoms with Crippen molar-refractivity contribution in [3.8, 4) is 0 Å². The van der Waals surface area contributed by atoms with Crippen molar-refractivity contribution in [3.63, 3.8) is 0 Å². The Labute approximate surface area is 122 Å². The zero-order valence-corrected chi connectivity index (χ0v) is 12.3. The van der Waals surface area contributed by atoms with Gasteiger partial charge in [0, 0.05) is 6.04 Å². The van der Waals surface area contributed by atoms with Gasteiger partial charge in [0.25, 0.3) is 5.56 Å². The van der Waals surface area contributed by atoms with Crippen molar-refractivity contribution in [1.82, 2.24) is 14.9 Å². The second-order valence-corrected chi connectivity index (χ2v) is 5.71. The first-order valence-corrected chi connectivity index (χ1v) is 7.44. The molecule has 1 fully saturated rings. The van der Waals surface area contributed by atoms with Gasteiger partial charge in [0.1, 0.15) is 5.82 Å². The quantitative estimate of drug-likeness (QED) is 0.879. The molecule has 0 spiro atoms. The number of fused-ring (bicyclic) bond motifs is 1. The summed E-state index contributed by atoms with van der Waals surface area (Å²) >= 11 is 6.19. The fourth-order valence-corrected chi connectivity index (χ4v) is 3.25. The number of hydrogen-bond donors (Lipinski definition) is 1. The SMILES string of the molecule is Cc1nc2cccc(Cl)c2c(=O)n1[C@H]1CCCNCC1. The maximum absolute atomic E-state index is 12.8. The number of nitrogens with one attached hydrogen (secondary N) is 1. The highest BCUT2D eigenvalue weighted by Gasteiger charge is 2.19. The van der Waals surface area contributed by atoms with E-state index in [0.29, 0.717) is 15.9 Å². The minimum Gasteiger partial charge on any atom is -0.317 e. The second kappa shape index (κ2) is 5.54. The molecule has 0 unspecified atom stereocenters. The van der Waals surface area contributed by atoms with Crippen LogP contribution < -0.4 is 10.9 Å². The standard InChI is InChI=1S/C15H18ClN3O/c1-10-18-13-6-2-5-12(16)14(13)15(20)19(10)11-4-3-8-17-9-7-11/h2,5-6,11,17H,3-4,7-9H2,1H3/t11-/m0/s1. The Morgan fingerprint density at radius 3 is 3.05 bits per heavy atom. The molecule has 1 aliphatic rings. The van der Waals surface area contributed by atoms with Gasteiger partial charge in [-0.1, -0.05) is 17.7 Å². The molecule has 1 aromatic carbocycles. The number of aromatic nitrogens is 2. The van der Waals surface area contributed by atoms with Crippen LogP contribution >= 0.6 is 11.6 Å². The summed E-state index contributed by atoms with van der Waals surface area (Å²) in [6, 6.07) is 5.64. The molecule has 2 heterocycles. The molecule has 3 rings (SSSR count). The van der Waals surface area contributed by atoms with Crippen molar-refractivity contribution in [2.45, 2.75) is 32.2 Å². The Morgan fingerprint density at radius 1 is 1.35 bits per heavy atom. The van der Waals surface area contributed by atoms with Gasteiger partial charge in [-0.15, -0.1) is 0 Å². The maximum Gasteiger partial charge on any atom is 0.263 e. The number of benzene rings is 1. The predicted molar refractivity (Wildman–Crippen MR) is 81.5 cm³/mol. The van der Waals surface area contributed by atoms with Gasteiger partial charge in [0.15, 0.2) is 0 Å². The van der Waals surface area contributed by atoms with Crippen molar-refractivity contribution in [1.29, 1.82) is 0 Å². The highest BCUT2D eigenvalue weighted by atomic mass is 35.5. The lowest BCUT2D eigenvalue weighted by Gasteiger charge is -2.20. The molecule has 5 heteroatoms. The summed E-state index contributed by atoms with van der Waals surface area (Å²) in [6.45, 7) is 3.86. The van der Waals surface area contributed by atoms with Crippen molar-refractivity contribution < 1.29 is 0 Å². The van der Waals surface area contributed by atoms with Crippen molar-refractivity contribution in [2.75, 3.05) is 13.1 Å². The van der Waals surface area contributed by atoms with E-state index in [1.807, 2.05) is 23.6 Å². The van der Waals surface area contributed by atoms with E-state index in [1.165, 1.54) is 0 Å². The highest BCUT2D eigenvalue weighted by Crippen LogP contribution is 2.23. The summed E-state index contributed by atoms with van der Waals surface area (Å²) in [6.07, 6.45) is 3.04. The van der Waals surface area contributed by atoms with Crippen LogP contribution in [0, 0.1) is 6.92 Å². The minimum atomic E-state index is -0.00926. The molecule has 20 heavy (non-hydrogen) atoms. The Morgan fingerprint density at radius 2 is 2.20 bits per heavy atom. The van der Waals surface area contributed by atoms with E-state index < -0.39 is 0 Å². The molecule has 1 aromatic heterocycles. The molecular weight excluding hydrogens is 274 g/mol. The van der Waals surface area contributed by atoms with Crippen LogP contribution in [0.1, 0.15) is 31.1 Å². The highest BCUT2D eigenvalue weighted by molar-refractivity contribution is 6.35. The number of aryl methyl sites for hydroxylation is 1. The minimum absolute atomic E-state index is 0.00926. The molecule has 1 atom stereocenters. The molecule has 4 nitrogen and oxygen atoms in total. The maximum atomic E-state index is 12.8. The number of nitrogens with zero attached hydrogens (tertiary/aromatic N) is 2. The molecule has 2 aromatic rings. The lowest BCUT2D eigenvalue weighted by molar-refractivity contribution is 0.430. The van der Waals surface area contributed by atoms with E-state index in [1.54, 1.807) is 6.07 Å². The third-order valence-corrected chi connectivity index (χ3v) is 4.28. The lowest BCUT2D eigenvalue weighted by atomic mass is 10.1. The van der Waals surface area contributed by atoms with E-state index in [9.17, 15) is 4.79 Å². The summed E-state index contributed by atoms with van der Waals surface area (Å²) in [5.41, 5.74) is 0.674. The first-order valence-electron chi connectivity index (χ1n) is 7.06. The van der Waals surface area contributed by atoms with Gasteiger partial charge in [0.05, 0.1) is 15.9 Å². The predicted octanol–water partition coefficient (Wildman–Crippen LogP) is 2.67. The molecule has 0 aliphatic carbocycles. The fraction of sp³-hybridized carbons (Fsp3) is 0.467. The van der Waals surface area contributed by atoms with E-state index >= 15 is 0 Å². The first kappa shape index (κ1) is 13.6.